The molecule has 11 rings (SSSR count). The fourth-order valence-corrected chi connectivity index (χ4v) is 7.47. The zero-order chi connectivity index (χ0) is 33.5. The highest BCUT2D eigenvalue weighted by molar-refractivity contribution is 6.09. The number of fused-ring (bicyclic) bond motifs is 9. The van der Waals surface area contributed by atoms with E-state index in [-0.39, 0.29) is 0 Å². The molecule has 0 radical (unpaired) electrons. The molecule has 0 aliphatic rings. The Labute approximate surface area is 291 Å². The van der Waals surface area contributed by atoms with Crippen LogP contribution in [0, 0.1) is 0 Å². The van der Waals surface area contributed by atoms with Crippen molar-refractivity contribution in [3.63, 3.8) is 0 Å². The highest BCUT2D eigenvalue weighted by atomic mass is 16.3. The van der Waals surface area contributed by atoms with Gasteiger partial charge < -0.3 is 13.3 Å². The Bertz CT molecular complexity index is 3160. The van der Waals surface area contributed by atoms with Crippen molar-refractivity contribution in [1.29, 1.82) is 0 Å². The molecular weight excluding hydrogens is 629 g/mol. The molecule has 0 amide bonds. The van der Waals surface area contributed by atoms with Gasteiger partial charge >= 0.3 is 0 Å². The van der Waals surface area contributed by atoms with Gasteiger partial charge in [-0.1, -0.05) is 60.7 Å². The Morgan fingerprint density at radius 2 is 0.608 bits per heavy atom. The van der Waals surface area contributed by atoms with Crippen LogP contribution in [0.25, 0.3) is 111 Å². The summed E-state index contributed by atoms with van der Waals surface area (Å²) in [5.74, 6) is 0. The lowest BCUT2D eigenvalue weighted by Gasteiger charge is -2.09. The third-order valence-corrected chi connectivity index (χ3v) is 10.0. The molecule has 0 aliphatic carbocycles. The van der Waals surface area contributed by atoms with E-state index in [0.29, 0.717) is 11.4 Å². The van der Waals surface area contributed by atoms with Crippen molar-refractivity contribution in [3.05, 3.63) is 158 Å². The van der Waals surface area contributed by atoms with Gasteiger partial charge in [-0.15, -0.1) is 0 Å². The van der Waals surface area contributed by atoms with Gasteiger partial charge in [0.05, 0.1) is 0 Å². The minimum Gasteiger partial charge on any atom is -0.456 e. The summed E-state index contributed by atoms with van der Waals surface area (Å²) in [6.45, 7) is 0. The molecule has 0 N–H and O–H groups in total. The quantitative estimate of drug-likeness (QED) is 0.189. The molecule has 6 aromatic carbocycles. The molecule has 0 spiro atoms. The van der Waals surface area contributed by atoms with Gasteiger partial charge in [0.15, 0.2) is 0 Å². The van der Waals surface area contributed by atoms with Crippen molar-refractivity contribution in [2.24, 2.45) is 0 Å². The molecule has 0 saturated heterocycles. The fraction of sp³-hybridized carbons (Fsp3) is 0. The van der Waals surface area contributed by atoms with Crippen LogP contribution in [0.15, 0.2) is 171 Å². The maximum atomic E-state index is 6.31. The highest BCUT2D eigenvalue weighted by Gasteiger charge is 2.14. The zero-order valence-corrected chi connectivity index (χ0v) is 27.1. The first kappa shape index (κ1) is 27.9. The summed E-state index contributed by atoms with van der Waals surface area (Å²) in [5, 5.41) is 6.36. The van der Waals surface area contributed by atoms with Gasteiger partial charge in [-0.25, -0.2) is 9.97 Å². The second-order valence-corrected chi connectivity index (χ2v) is 13.0. The van der Waals surface area contributed by atoms with Crippen LogP contribution >= 0.6 is 0 Å². The lowest BCUT2D eigenvalue weighted by Crippen LogP contribution is -1.84. The number of furan rings is 3. The summed E-state index contributed by atoms with van der Waals surface area (Å²) in [5.41, 5.74) is 13.9. The number of aromatic nitrogens is 2. The van der Waals surface area contributed by atoms with E-state index < -0.39 is 0 Å². The summed E-state index contributed by atoms with van der Waals surface area (Å²) >= 11 is 0. The summed E-state index contributed by atoms with van der Waals surface area (Å²) in [6, 6.07) is 51.1. The second-order valence-electron chi connectivity index (χ2n) is 13.0. The predicted molar refractivity (Wildman–Crippen MR) is 206 cm³/mol. The number of benzene rings is 6. The van der Waals surface area contributed by atoms with Gasteiger partial charge in [0.2, 0.25) is 11.4 Å². The Morgan fingerprint density at radius 3 is 1.00 bits per heavy atom. The van der Waals surface area contributed by atoms with Gasteiger partial charge in [-0.05, 0) is 129 Å². The largest absolute Gasteiger partial charge is 0.456 e. The second kappa shape index (κ2) is 10.8. The van der Waals surface area contributed by atoms with Crippen molar-refractivity contribution in [2.75, 3.05) is 0 Å². The van der Waals surface area contributed by atoms with E-state index in [9.17, 15) is 0 Å². The van der Waals surface area contributed by atoms with Crippen molar-refractivity contribution in [2.45, 2.75) is 0 Å². The zero-order valence-electron chi connectivity index (χ0n) is 27.1. The van der Waals surface area contributed by atoms with Crippen LogP contribution in [-0.4, -0.2) is 9.97 Å². The fourth-order valence-electron chi connectivity index (χ4n) is 7.47. The third kappa shape index (κ3) is 4.49. The Balaban J connectivity index is 0.960. The Morgan fingerprint density at radius 1 is 0.275 bits per heavy atom. The van der Waals surface area contributed by atoms with Gasteiger partial charge in [0.25, 0.3) is 0 Å². The molecule has 5 heterocycles. The summed E-state index contributed by atoms with van der Waals surface area (Å²) in [7, 11) is 0. The normalized spacial score (nSPS) is 11.9. The van der Waals surface area contributed by atoms with E-state index in [1.54, 1.807) is 12.4 Å². The van der Waals surface area contributed by atoms with Crippen molar-refractivity contribution in [3.8, 4) is 44.5 Å². The molecular formula is C46H26N2O3. The van der Waals surface area contributed by atoms with Crippen molar-refractivity contribution in [1.82, 2.24) is 9.97 Å². The molecule has 5 heteroatoms. The van der Waals surface area contributed by atoms with Gasteiger partial charge in [0, 0.05) is 44.7 Å². The summed E-state index contributed by atoms with van der Waals surface area (Å²) < 4.78 is 18.2. The molecule has 0 atom stereocenters. The number of pyridine rings is 2. The van der Waals surface area contributed by atoms with Crippen LogP contribution in [0.4, 0.5) is 0 Å². The Hall–Kier alpha value is -6.98. The molecule has 5 aromatic heterocycles. The summed E-state index contributed by atoms with van der Waals surface area (Å²) in [4.78, 5) is 8.78. The van der Waals surface area contributed by atoms with Crippen LogP contribution < -0.4 is 0 Å². The number of nitrogens with zero attached hydrogens (tertiary/aromatic N) is 2. The lowest BCUT2D eigenvalue weighted by molar-refractivity contribution is 0.653. The van der Waals surface area contributed by atoms with Crippen molar-refractivity contribution >= 4 is 66.1 Å². The number of rotatable bonds is 4. The van der Waals surface area contributed by atoms with Crippen LogP contribution in [0.5, 0.6) is 0 Å². The molecule has 0 aliphatic heterocycles. The van der Waals surface area contributed by atoms with Gasteiger partial charge in [0.1, 0.15) is 22.3 Å². The topological polar surface area (TPSA) is 65.2 Å². The SMILES string of the molecule is c1cc(-c2cccc(-c3ccc4oc5ncccc5c4c3)c2)cc(-c2ccc3oc4ccc(-c5ccc6oc7ncccc7c6c5)cc4c3c2)c1. The van der Waals surface area contributed by atoms with E-state index in [2.05, 4.69) is 131 Å². The number of hydrogen-bond acceptors (Lipinski definition) is 5. The number of hydrogen-bond donors (Lipinski definition) is 0. The Kier molecular flexibility index (Phi) is 5.89. The smallest absolute Gasteiger partial charge is 0.227 e. The summed E-state index contributed by atoms with van der Waals surface area (Å²) in [6.07, 6.45) is 3.52. The molecule has 11 aromatic rings. The van der Waals surface area contributed by atoms with Gasteiger partial charge in [-0.3, -0.25) is 0 Å². The maximum Gasteiger partial charge on any atom is 0.227 e. The van der Waals surface area contributed by atoms with E-state index in [4.69, 9.17) is 13.3 Å². The first-order chi connectivity index (χ1) is 25.2. The lowest BCUT2D eigenvalue weighted by atomic mass is 9.95. The highest BCUT2D eigenvalue weighted by Crippen LogP contribution is 2.38. The van der Waals surface area contributed by atoms with Crippen LogP contribution in [0.3, 0.4) is 0 Å². The van der Waals surface area contributed by atoms with E-state index in [1.807, 2.05) is 24.3 Å². The van der Waals surface area contributed by atoms with Crippen LogP contribution in [0.2, 0.25) is 0 Å². The molecule has 5 nitrogen and oxygen atoms in total. The molecule has 238 valence electrons. The van der Waals surface area contributed by atoms with Crippen LogP contribution in [0.1, 0.15) is 0 Å². The average Bonchev–Trinajstić information content (AvgIpc) is 3.88. The molecule has 51 heavy (non-hydrogen) atoms. The first-order valence-electron chi connectivity index (χ1n) is 16.9. The maximum absolute atomic E-state index is 6.31. The van der Waals surface area contributed by atoms with Crippen LogP contribution in [-0.2, 0) is 0 Å². The minimum atomic E-state index is 0.657. The van der Waals surface area contributed by atoms with E-state index >= 15 is 0 Å². The monoisotopic (exact) mass is 654 g/mol. The van der Waals surface area contributed by atoms with E-state index in [1.165, 1.54) is 0 Å². The molecule has 0 bridgehead atoms. The molecule has 0 saturated carbocycles. The van der Waals surface area contributed by atoms with Gasteiger partial charge in [-0.2, -0.15) is 0 Å². The molecule has 0 fully saturated rings. The average molecular weight is 655 g/mol. The standard InChI is InChI=1S/C46H26N2O3/c1-5-27(21-29(7-1)31-13-17-43-37(23-31)35-9-3-19-47-45(35)50-43)28-6-2-8-30(22-28)32-11-15-41-39(25-32)40-26-34(12-16-42(40)49-41)33-14-18-44-38(24-33)36-10-4-20-48-46(36)51-44/h1-26H. The first-order valence-corrected chi connectivity index (χ1v) is 16.9. The minimum absolute atomic E-state index is 0.657. The molecule has 0 unspecified atom stereocenters. The predicted octanol–water partition coefficient (Wildman–Crippen LogP) is 12.8. The third-order valence-electron chi connectivity index (χ3n) is 10.0. The van der Waals surface area contributed by atoms with E-state index in [0.717, 1.165) is 99.2 Å². The van der Waals surface area contributed by atoms with Crippen molar-refractivity contribution < 1.29 is 13.3 Å².